The maximum absolute atomic E-state index is 10.9. The number of carbonyl (C=O) groups excluding carboxylic acids is 1. The van der Waals surface area contributed by atoms with E-state index in [1.165, 1.54) is 19.1 Å². The molecule has 5 nitrogen and oxygen atoms in total. The third-order valence-electron chi connectivity index (χ3n) is 1.37. The molecule has 0 aliphatic rings. The smallest absolute Gasteiger partial charge is 0.358 e. The fraction of sp³-hybridized carbons (Fsp3) is 0.143. The minimum absolute atomic E-state index is 0.205. The largest absolute Gasteiger partial charge is 0.365 e. The van der Waals surface area contributed by atoms with Gasteiger partial charge in [-0.05, 0) is 16.8 Å². The standard InChI is InChI=1S/C7H5IN2O3/c1-4(11)5-2-6(8)9-7(3-5)10(12)13/h2-3H,1H3. The van der Waals surface area contributed by atoms with Crippen molar-refractivity contribution in [3.63, 3.8) is 0 Å². The molecule has 0 bridgehead atoms. The van der Waals surface area contributed by atoms with E-state index in [0.717, 1.165) is 0 Å². The highest BCUT2D eigenvalue weighted by Gasteiger charge is 2.13. The molecule has 0 radical (unpaired) electrons. The first-order chi connectivity index (χ1) is 6.00. The quantitative estimate of drug-likeness (QED) is 0.274. The molecule has 0 aliphatic heterocycles. The lowest BCUT2D eigenvalue weighted by Crippen LogP contribution is -1.99. The van der Waals surface area contributed by atoms with Gasteiger partial charge in [-0.3, -0.25) is 4.79 Å². The molecule has 1 aromatic rings. The van der Waals surface area contributed by atoms with Crippen LogP contribution < -0.4 is 0 Å². The number of rotatable bonds is 2. The van der Waals surface area contributed by atoms with E-state index in [4.69, 9.17) is 0 Å². The molecule has 0 saturated carbocycles. The summed E-state index contributed by atoms with van der Waals surface area (Å²) in [6.45, 7) is 1.36. The van der Waals surface area contributed by atoms with Crippen LogP contribution in [0.3, 0.4) is 0 Å². The van der Waals surface area contributed by atoms with Gasteiger partial charge in [-0.1, -0.05) is 0 Å². The van der Waals surface area contributed by atoms with Gasteiger partial charge in [0.25, 0.3) is 0 Å². The summed E-state index contributed by atoms with van der Waals surface area (Å²) in [7, 11) is 0. The topological polar surface area (TPSA) is 73.1 Å². The van der Waals surface area contributed by atoms with Crippen LogP contribution in [0.1, 0.15) is 17.3 Å². The number of hydrogen-bond acceptors (Lipinski definition) is 4. The normalized spacial score (nSPS) is 9.69. The van der Waals surface area contributed by atoms with Crippen LogP contribution in [0.25, 0.3) is 0 Å². The second kappa shape index (κ2) is 3.77. The van der Waals surface area contributed by atoms with Gasteiger partial charge in [-0.25, -0.2) is 0 Å². The average molecular weight is 292 g/mol. The van der Waals surface area contributed by atoms with E-state index in [9.17, 15) is 14.9 Å². The molecule has 68 valence electrons. The minimum atomic E-state index is -0.616. The summed E-state index contributed by atoms with van der Waals surface area (Å²) in [5, 5.41) is 10.4. The van der Waals surface area contributed by atoms with Gasteiger partial charge in [0.15, 0.2) is 5.78 Å². The van der Waals surface area contributed by atoms with Crippen LogP contribution in [-0.4, -0.2) is 15.7 Å². The summed E-state index contributed by atoms with van der Waals surface area (Å²) in [5.74, 6) is -0.500. The van der Waals surface area contributed by atoms with Crippen LogP contribution in [0.15, 0.2) is 12.1 Å². The molecular formula is C7H5IN2O3. The van der Waals surface area contributed by atoms with Crippen LogP contribution >= 0.6 is 22.6 Å². The summed E-state index contributed by atoms with van der Waals surface area (Å²) >= 11 is 1.83. The number of Topliss-reactive ketones (excluding diaryl/α,β-unsaturated/α-hetero) is 1. The Hall–Kier alpha value is -1.05. The Kier molecular flexibility index (Phi) is 2.91. The molecule has 13 heavy (non-hydrogen) atoms. The third kappa shape index (κ3) is 2.44. The number of nitrogens with zero attached hydrogens (tertiary/aromatic N) is 2. The van der Waals surface area contributed by atoms with Gasteiger partial charge in [-0.15, -0.1) is 0 Å². The Bertz CT molecular complexity index is 346. The number of carbonyl (C=O) groups is 1. The Morgan fingerprint density at radius 1 is 1.62 bits per heavy atom. The molecule has 0 unspecified atom stereocenters. The SMILES string of the molecule is CC(=O)c1cc(I)nc([N+](=O)[O-])c1. The van der Waals surface area contributed by atoms with E-state index in [-0.39, 0.29) is 11.6 Å². The molecule has 6 heteroatoms. The zero-order valence-electron chi connectivity index (χ0n) is 6.65. The molecule has 0 N–H and O–H groups in total. The van der Waals surface area contributed by atoms with Gasteiger partial charge in [0.2, 0.25) is 3.70 Å². The number of ketones is 1. The molecule has 0 aromatic carbocycles. The molecule has 0 saturated heterocycles. The van der Waals surface area contributed by atoms with E-state index < -0.39 is 4.92 Å². The minimum Gasteiger partial charge on any atom is -0.358 e. The lowest BCUT2D eigenvalue weighted by atomic mass is 10.2. The number of nitro groups is 1. The molecule has 0 fully saturated rings. The van der Waals surface area contributed by atoms with Crippen molar-refractivity contribution in [1.82, 2.24) is 4.98 Å². The average Bonchev–Trinajstić information content (AvgIpc) is 2.03. The molecular weight excluding hydrogens is 287 g/mol. The lowest BCUT2D eigenvalue weighted by Gasteiger charge is -1.95. The number of pyridine rings is 1. The van der Waals surface area contributed by atoms with Crippen LogP contribution in [0.5, 0.6) is 0 Å². The maximum atomic E-state index is 10.9. The van der Waals surface area contributed by atoms with Gasteiger partial charge in [0.1, 0.15) is 0 Å². The molecule has 1 rings (SSSR count). The first kappa shape index (κ1) is 10.0. The molecule has 1 aromatic heterocycles. The Labute approximate surface area is 87.5 Å². The van der Waals surface area contributed by atoms with Crippen molar-refractivity contribution in [2.24, 2.45) is 0 Å². The molecule has 0 atom stereocenters. The van der Waals surface area contributed by atoms with E-state index in [1.54, 1.807) is 0 Å². The number of aromatic nitrogens is 1. The van der Waals surface area contributed by atoms with Crippen LogP contribution in [0.2, 0.25) is 0 Å². The predicted molar refractivity (Wildman–Crippen MR) is 53.6 cm³/mol. The van der Waals surface area contributed by atoms with Crippen molar-refractivity contribution in [2.45, 2.75) is 6.92 Å². The number of halogens is 1. The highest BCUT2D eigenvalue weighted by atomic mass is 127. The molecule has 0 spiro atoms. The van der Waals surface area contributed by atoms with E-state index in [1.807, 2.05) is 22.6 Å². The van der Waals surface area contributed by atoms with Crippen LogP contribution in [0, 0.1) is 13.8 Å². The monoisotopic (exact) mass is 292 g/mol. The maximum Gasteiger partial charge on any atom is 0.365 e. The Balaban J connectivity index is 3.26. The Morgan fingerprint density at radius 2 is 2.23 bits per heavy atom. The fourth-order valence-electron chi connectivity index (χ4n) is 0.780. The molecule has 0 aliphatic carbocycles. The summed E-state index contributed by atoms with van der Waals surface area (Å²) in [6.07, 6.45) is 0. The van der Waals surface area contributed by atoms with Crippen molar-refractivity contribution < 1.29 is 9.72 Å². The summed E-state index contributed by atoms with van der Waals surface area (Å²) in [4.78, 5) is 24.3. The first-order valence-corrected chi connectivity index (χ1v) is 4.41. The van der Waals surface area contributed by atoms with Gasteiger partial charge >= 0.3 is 5.82 Å². The van der Waals surface area contributed by atoms with Gasteiger partial charge in [-0.2, -0.15) is 0 Å². The van der Waals surface area contributed by atoms with Crippen molar-refractivity contribution in [3.05, 3.63) is 31.5 Å². The second-order valence-electron chi connectivity index (χ2n) is 2.35. The van der Waals surface area contributed by atoms with Crippen LogP contribution in [0.4, 0.5) is 5.82 Å². The predicted octanol–water partition coefficient (Wildman–Crippen LogP) is 1.80. The van der Waals surface area contributed by atoms with Crippen LogP contribution in [-0.2, 0) is 0 Å². The zero-order valence-corrected chi connectivity index (χ0v) is 8.81. The first-order valence-electron chi connectivity index (χ1n) is 3.33. The number of hydrogen-bond donors (Lipinski definition) is 0. The summed E-state index contributed by atoms with van der Waals surface area (Å²) in [6, 6.07) is 2.68. The summed E-state index contributed by atoms with van der Waals surface area (Å²) < 4.78 is 0.442. The highest BCUT2D eigenvalue weighted by Crippen LogP contribution is 2.14. The lowest BCUT2D eigenvalue weighted by molar-refractivity contribution is -0.389. The fourth-order valence-corrected chi connectivity index (χ4v) is 1.36. The van der Waals surface area contributed by atoms with Crippen molar-refractivity contribution in [1.29, 1.82) is 0 Å². The van der Waals surface area contributed by atoms with Crippen molar-refractivity contribution in [3.8, 4) is 0 Å². The van der Waals surface area contributed by atoms with E-state index >= 15 is 0 Å². The van der Waals surface area contributed by atoms with E-state index in [0.29, 0.717) is 9.26 Å². The van der Waals surface area contributed by atoms with Crippen molar-refractivity contribution >= 4 is 34.2 Å². The molecule has 0 amide bonds. The van der Waals surface area contributed by atoms with Crippen molar-refractivity contribution in [2.75, 3.05) is 0 Å². The third-order valence-corrected chi connectivity index (χ3v) is 1.93. The summed E-state index contributed by atoms with van der Waals surface area (Å²) in [5.41, 5.74) is 0.311. The second-order valence-corrected chi connectivity index (χ2v) is 3.46. The highest BCUT2D eigenvalue weighted by molar-refractivity contribution is 14.1. The van der Waals surface area contributed by atoms with Gasteiger partial charge in [0.05, 0.1) is 0 Å². The van der Waals surface area contributed by atoms with Gasteiger partial charge in [0, 0.05) is 40.3 Å². The van der Waals surface area contributed by atoms with Gasteiger partial charge < -0.3 is 10.1 Å². The van der Waals surface area contributed by atoms with E-state index in [2.05, 4.69) is 4.98 Å². The zero-order chi connectivity index (χ0) is 10.0. The molecule has 1 heterocycles. The Morgan fingerprint density at radius 3 is 2.69 bits per heavy atom.